The first-order chi connectivity index (χ1) is 8.50. The number of carbonyl (C=O) groups is 1. The Morgan fingerprint density at radius 2 is 2.17 bits per heavy atom. The molecular weight excluding hydrogens is 290 g/mol. The van der Waals surface area contributed by atoms with Crippen molar-refractivity contribution in [3.05, 3.63) is 33.8 Å². The highest BCUT2D eigenvalue weighted by molar-refractivity contribution is 9.10. The Morgan fingerprint density at radius 3 is 2.78 bits per heavy atom. The highest BCUT2D eigenvalue weighted by Gasteiger charge is 2.29. The van der Waals surface area contributed by atoms with Gasteiger partial charge in [-0.25, -0.2) is 0 Å². The lowest BCUT2D eigenvalue weighted by Crippen LogP contribution is -2.29. The first-order valence-corrected chi connectivity index (χ1v) is 7.34. The predicted octanol–water partition coefficient (Wildman–Crippen LogP) is 3.88. The third kappa shape index (κ3) is 2.61. The number of rotatable bonds is 2. The van der Waals surface area contributed by atoms with E-state index in [1.165, 1.54) is 0 Å². The quantitative estimate of drug-likeness (QED) is 0.812. The summed E-state index contributed by atoms with van der Waals surface area (Å²) in [6.07, 6.45) is 1.14. The number of halogens is 1. The first kappa shape index (κ1) is 13.6. The number of benzene rings is 1. The molecule has 0 spiro atoms. The summed E-state index contributed by atoms with van der Waals surface area (Å²) in [5, 5.41) is 0. The molecule has 2 rings (SSSR count). The van der Waals surface area contributed by atoms with E-state index in [-0.39, 0.29) is 5.91 Å². The zero-order valence-electron chi connectivity index (χ0n) is 11.2. The van der Waals surface area contributed by atoms with Crippen LogP contribution in [-0.4, -0.2) is 23.9 Å². The largest absolute Gasteiger partial charge is 0.338 e. The first-order valence-electron chi connectivity index (χ1n) is 6.55. The van der Waals surface area contributed by atoms with Gasteiger partial charge in [0.25, 0.3) is 5.91 Å². The fraction of sp³-hybridized carbons (Fsp3) is 0.533. The van der Waals surface area contributed by atoms with Crippen LogP contribution in [0.5, 0.6) is 0 Å². The Kier molecular flexibility index (Phi) is 4.10. The van der Waals surface area contributed by atoms with Crippen LogP contribution in [0.2, 0.25) is 0 Å². The molecule has 0 radical (unpaired) electrons. The van der Waals surface area contributed by atoms with Gasteiger partial charge in [0, 0.05) is 23.1 Å². The normalized spacial score (nSPS) is 19.6. The van der Waals surface area contributed by atoms with Crippen molar-refractivity contribution in [3.8, 4) is 0 Å². The van der Waals surface area contributed by atoms with Crippen LogP contribution in [-0.2, 0) is 0 Å². The molecule has 1 atom stereocenters. The highest BCUT2D eigenvalue weighted by Crippen LogP contribution is 2.27. The molecular formula is C15H20BrNO. The van der Waals surface area contributed by atoms with E-state index in [0.717, 1.165) is 35.1 Å². The van der Waals surface area contributed by atoms with Crippen LogP contribution in [0.1, 0.15) is 36.2 Å². The lowest BCUT2D eigenvalue weighted by Gasteiger charge is -2.19. The molecule has 1 aliphatic rings. The number of hydrogen-bond donors (Lipinski definition) is 0. The third-order valence-corrected chi connectivity index (χ3v) is 4.81. The van der Waals surface area contributed by atoms with Crippen LogP contribution >= 0.6 is 15.9 Å². The number of likely N-dealkylation sites (tertiary alicyclic amines) is 1. The van der Waals surface area contributed by atoms with E-state index >= 15 is 0 Å². The van der Waals surface area contributed by atoms with Gasteiger partial charge in [-0.3, -0.25) is 4.79 Å². The lowest BCUT2D eigenvalue weighted by molar-refractivity contribution is 0.0783. The molecule has 1 aromatic carbocycles. The summed E-state index contributed by atoms with van der Waals surface area (Å²) in [7, 11) is 0. The molecule has 1 amide bonds. The number of carbonyl (C=O) groups excluding carboxylic acids is 1. The second-order valence-electron chi connectivity index (χ2n) is 5.46. The Labute approximate surface area is 117 Å². The van der Waals surface area contributed by atoms with Crippen molar-refractivity contribution in [2.45, 2.75) is 27.2 Å². The predicted molar refractivity (Wildman–Crippen MR) is 77.7 cm³/mol. The number of amides is 1. The minimum absolute atomic E-state index is 0.178. The molecule has 1 fully saturated rings. The van der Waals surface area contributed by atoms with E-state index in [2.05, 4.69) is 29.8 Å². The fourth-order valence-electron chi connectivity index (χ4n) is 2.53. The summed E-state index contributed by atoms with van der Waals surface area (Å²) >= 11 is 3.49. The second kappa shape index (κ2) is 5.43. The van der Waals surface area contributed by atoms with E-state index in [4.69, 9.17) is 0 Å². The third-order valence-electron chi connectivity index (χ3n) is 3.95. The average molecular weight is 310 g/mol. The van der Waals surface area contributed by atoms with Crippen molar-refractivity contribution >= 4 is 21.8 Å². The summed E-state index contributed by atoms with van der Waals surface area (Å²) in [5.74, 6) is 1.49. The zero-order valence-corrected chi connectivity index (χ0v) is 12.8. The number of nitrogens with zero attached hydrogens (tertiary/aromatic N) is 1. The molecule has 3 heteroatoms. The van der Waals surface area contributed by atoms with Gasteiger partial charge in [-0.15, -0.1) is 0 Å². The molecule has 1 aromatic rings. The molecule has 0 saturated carbocycles. The Hall–Kier alpha value is -0.830. The second-order valence-corrected chi connectivity index (χ2v) is 6.31. The standard InChI is InChI=1S/C15H20BrNO/c1-10(2)12-7-8-17(9-12)15(18)13-5-4-6-14(16)11(13)3/h4-6,10,12H,7-9H2,1-3H3. The van der Waals surface area contributed by atoms with Gasteiger partial charge in [0.1, 0.15) is 0 Å². The van der Waals surface area contributed by atoms with Crippen LogP contribution in [0, 0.1) is 18.8 Å². The molecule has 1 unspecified atom stereocenters. The van der Waals surface area contributed by atoms with Crippen LogP contribution in [0.25, 0.3) is 0 Å². The Balaban J connectivity index is 2.16. The van der Waals surface area contributed by atoms with Crippen molar-refractivity contribution in [2.24, 2.45) is 11.8 Å². The average Bonchev–Trinajstić information content (AvgIpc) is 2.81. The molecule has 1 heterocycles. The smallest absolute Gasteiger partial charge is 0.254 e. The van der Waals surface area contributed by atoms with Crippen molar-refractivity contribution in [2.75, 3.05) is 13.1 Å². The SMILES string of the molecule is Cc1c(Br)cccc1C(=O)N1CCC(C(C)C)C1. The summed E-state index contributed by atoms with van der Waals surface area (Å²) in [4.78, 5) is 14.5. The molecule has 98 valence electrons. The molecule has 0 aromatic heterocycles. The molecule has 1 aliphatic heterocycles. The van der Waals surface area contributed by atoms with E-state index in [1.54, 1.807) is 0 Å². The summed E-state index contributed by atoms with van der Waals surface area (Å²) in [6.45, 7) is 8.27. The zero-order chi connectivity index (χ0) is 13.3. The lowest BCUT2D eigenvalue weighted by atomic mass is 9.95. The van der Waals surface area contributed by atoms with Gasteiger partial charge in [0.05, 0.1) is 0 Å². The molecule has 0 bridgehead atoms. The van der Waals surface area contributed by atoms with Gasteiger partial charge in [0.2, 0.25) is 0 Å². The van der Waals surface area contributed by atoms with Gasteiger partial charge in [0.15, 0.2) is 0 Å². The van der Waals surface area contributed by atoms with E-state index in [1.807, 2.05) is 30.0 Å². The summed E-state index contributed by atoms with van der Waals surface area (Å²) in [5.41, 5.74) is 1.87. The van der Waals surface area contributed by atoms with E-state index in [0.29, 0.717) is 11.8 Å². The van der Waals surface area contributed by atoms with Gasteiger partial charge in [-0.05, 0) is 42.9 Å². The van der Waals surface area contributed by atoms with Crippen molar-refractivity contribution < 1.29 is 4.79 Å². The minimum atomic E-state index is 0.178. The van der Waals surface area contributed by atoms with Gasteiger partial charge < -0.3 is 4.90 Å². The monoisotopic (exact) mass is 309 g/mol. The maximum Gasteiger partial charge on any atom is 0.254 e. The van der Waals surface area contributed by atoms with Gasteiger partial charge in [-0.2, -0.15) is 0 Å². The topological polar surface area (TPSA) is 20.3 Å². The van der Waals surface area contributed by atoms with Crippen LogP contribution in [0.15, 0.2) is 22.7 Å². The van der Waals surface area contributed by atoms with E-state index < -0.39 is 0 Å². The summed E-state index contributed by atoms with van der Waals surface area (Å²) < 4.78 is 1.01. The van der Waals surface area contributed by atoms with Crippen LogP contribution < -0.4 is 0 Å². The highest BCUT2D eigenvalue weighted by atomic mass is 79.9. The maximum absolute atomic E-state index is 12.5. The molecule has 2 nitrogen and oxygen atoms in total. The van der Waals surface area contributed by atoms with Crippen molar-refractivity contribution in [3.63, 3.8) is 0 Å². The molecule has 0 aliphatic carbocycles. The Morgan fingerprint density at radius 1 is 1.44 bits per heavy atom. The maximum atomic E-state index is 12.5. The molecule has 18 heavy (non-hydrogen) atoms. The Bertz CT molecular complexity index is 456. The van der Waals surface area contributed by atoms with Crippen molar-refractivity contribution in [1.82, 2.24) is 4.90 Å². The van der Waals surface area contributed by atoms with Gasteiger partial charge >= 0.3 is 0 Å². The molecule has 1 saturated heterocycles. The fourth-order valence-corrected chi connectivity index (χ4v) is 2.89. The number of hydrogen-bond acceptors (Lipinski definition) is 1. The van der Waals surface area contributed by atoms with E-state index in [9.17, 15) is 4.79 Å². The molecule has 0 N–H and O–H groups in total. The van der Waals surface area contributed by atoms with Crippen LogP contribution in [0.3, 0.4) is 0 Å². The summed E-state index contributed by atoms with van der Waals surface area (Å²) in [6, 6.07) is 5.83. The van der Waals surface area contributed by atoms with Gasteiger partial charge in [-0.1, -0.05) is 35.8 Å². The van der Waals surface area contributed by atoms with Crippen molar-refractivity contribution in [1.29, 1.82) is 0 Å². The minimum Gasteiger partial charge on any atom is -0.338 e. The van der Waals surface area contributed by atoms with Crippen LogP contribution in [0.4, 0.5) is 0 Å².